The zero-order chi connectivity index (χ0) is 15.2. The third kappa shape index (κ3) is 4.65. The fraction of sp³-hybridized carbons (Fsp3) is 0.400. The van der Waals surface area contributed by atoms with E-state index in [4.69, 9.17) is 9.84 Å². The molecule has 0 heterocycles. The molecule has 1 aromatic rings. The average Bonchev–Trinajstić information content (AvgIpc) is 2.43. The molecule has 0 saturated carbocycles. The molecule has 1 aromatic carbocycles. The van der Waals surface area contributed by atoms with Gasteiger partial charge in [-0.1, -0.05) is 11.8 Å². The number of aliphatic hydroxyl groups excluding tert-OH is 1. The van der Waals surface area contributed by atoms with Gasteiger partial charge < -0.3 is 15.2 Å². The number of carbonyl (C=O) groups is 1. The van der Waals surface area contributed by atoms with Crippen LogP contribution in [0.1, 0.15) is 29.8 Å². The SMILES string of the molecule is COC(C)(C)CNC(=O)c1cc(F)ccc1C#CCO. The second-order valence-corrected chi connectivity index (χ2v) is 4.80. The molecule has 0 aliphatic carbocycles. The first-order chi connectivity index (χ1) is 9.39. The summed E-state index contributed by atoms with van der Waals surface area (Å²) in [7, 11) is 1.55. The number of nitrogens with one attached hydrogen (secondary N) is 1. The minimum absolute atomic E-state index is 0.137. The summed E-state index contributed by atoms with van der Waals surface area (Å²) >= 11 is 0. The Hall–Kier alpha value is -1.90. The lowest BCUT2D eigenvalue weighted by atomic mass is 10.1. The van der Waals surface area contributed by atoms with E-state index in [1.165, 1.54) is 12.1 Å². The fourth-order valence-corrected chi connectivity index (χ4v) is 1.41. The molecule has 0 fully saturated rings. The molecule has 1 amide bonds. The van der Waals surface area contributed by atoms with Crippen molar-refractivity contribution in [2.45, 2.75) is 19.4 Å². The van der Waals surface area contributed by atoms with Gasteiger partial charge in [-0.2, -0.15) is 0 Å². The fourth-order valence-electron chi connectivity index (χ4n) is 1.41. The Labute approximate surface area is 117 Å². The molecule has 5 heteroatoms. The standard InChI is InChI=1S/C15H18FNO3/c1-15(2,20-3)10-17-14(19)13-9-12(16)7-6-11(13)5-4-8-18/h6-7,9,18H,8,10H2,1-3H3,(H,17,19). The van der Waals surface area contributed by atoms with Crippen LogP contribution in [0.4, 0.5) is 4.39 Å². The lowest BCUT2D eigenvalue weighted by Gasteiger charge is -2.23. The van der Waals surface area contributed by atoms with Crippen molar-refractivity contribution in [2.24, 2.45) is 0 Å². The van der Waals surface area contributed by atoms with Crippen LogP contribution in [0.3, 0.4) is 0 Å². The van der Waals surface area contributed by atoms with Gasteiger partial charge in [0, 0.05) is 19.2 Å². The van der Waals surface area contributed by atoms with Crippen molar-refractivity contribution < 1.29 is 19.0 Å². The Morgan fingerprint density at radius 3 is 2.80 bits per heavy atom. The van der Waals surface area contributed by atoms with Gasteiger partial charge >= 0.3 is 0 Å². The van der Waals surface area contributed by atoms with Gasteiger partial charge in [0.1, 0.15) is 12.4 Å². The Bertz CT molecular complexity index is 544. The molecule has 1 rings (SSSR count). The molecule has 0 unspecified atom stereocenters. The van der Waals surface area contributed by atoms with E-state index in [2.05, 4.69) is 17.2 Å². The molecule has 0 saturated heterocycles. The van der Waals surface area contributed by atoms with Crippen LogP contribution in [0, 0.1) is 17.7 Å². The van der Waals surface area contributed by atoms with Gasteiger partial charge in [0.25, 0.3) is 5.91 Å². The number of methoxy groups -OCH3 is 1. The second-order valence-electron chi connectivity index (χ2n) is 4.80. The van der Waals surface area contributed by atoms with Gasteiger partial charge in [-0.3, -0.25) is 4.79 Å². The summed E-state index contributed by atoms with van der Waals surface area (Å²) in [5, 5.41) is 11.4. The first kappa shape index (κ1) is 16.2. The molecule has 0 atom stereocenters. The molecule has 108 valence electrons. The number of carbonyl (C=O) groups excluding carboxylic acids is 1. The molecule has 2 N–H and O–H groups in total. The summed E-state index contributed by atoms with van der Waals surface area (Å²) in [5.41, 5.74) is -0.00838. The van der Waals surface area contributed by atoms with Crippen LogP contribution in [0.5, 0.6) is 0 Å². The van der Waals surface area contributed by atoms with Gasteiger partial charge in [0.2, 0.25) is 0 Å². The molecule has 0 bridgehead atoms. The van der Waals surface area contributed by atoms with Crippen LogP contribution >= 0.6 is 0 Å². The molecule has 20 heavy (non-hydrogen) atoms. The molecule has 0 aliphatic heterocycles. The van der Waals surface area contributed by atoms with E-state index in [-0.39, 0.29) is 18.7 Å². The first-order valence-corrected chi connectivity index (χ1v) is 6.12. The lowest BCUT2D eigenvalue weighted by Crippen LogP contribution is -2.40. The summed E-state index contributed by atoms with van der Waals surface area (Å²) in [5.74, 6) is 4.11. The Balaban J connectivity index is 2.94. The van der Waals surface area contributed by atoms with E-state index in [1.807, 2.05) is 13.8 Å². The summed E-state index contributed by atoms with van der Waals surface area (Å²) < 4.78 is 18.5. The molecule has 4 nitrogen and oxygen atoms in total. The van der Waals surface area contributed by atoms with Crippen LogP contribution in [-0.2, 0) is 4.74 Å². The number of hydrogen-bond donors (Lipinski definition) is 2. The smallest absolute Gasteiger partial charge is 0.252 e. The number of benzene rings is 1. The van der Waals surface area contributed by atoms with Crippen molar-refractivity contribution in [3.8, 4) is 11.8 Å². The maximum atomic E-state index is 13.3. The molecular formula is C15H18FNO3. The van der Waals surface area contributed by atoms with Gasteiger partial charge in [-0.05, 0) is 32.0 Å². The first-order valence-electron chi connectivity index (χ1n) is 6.12. The number of rotatable bonds is 4. The zero-order valence-corrected chi connectivity index (χ0v) is 11.8. The van der Waals surface area contributed by atoms with Crippen LogP contribution in [0.25, 0.3) is 0 Å². The van der Waals surface area contributed by atoms with E-state index in [0.717, 1.165) is 6.07 Å². The maximum Gasteiger partial charge on any atom is 0.252 e. The summed E-state index contributed by atoms with van der Waals surface area (Å²) in [6, 6.07) is 3.75. The van der Waals surface area contributed by atoms with Crippen molar-refractivity contribution in [3.63, 3.8) is 0 Å². The molecular weight excluding hydrogens is 261 g/mol. The highest BCUT2D eigenvalue weighted by Gasteiger charge is 2.19. The van der Waals surface area contributed by atoms with Crippen molar-refractivity contribution in [3.05, 3.63) is 35.1 Å². The van der Waals surface area contributed by atoms with Crippen molar-refractivity contribution in [1.29, 1.82) is 0 Å². The average molecular weight is 279 g/mol. The molecule has 0 radical (unpaired) electrons. The van der Waals surface area contributed by atoms with Crippen molar-refractivity contribution in [1.82, 2.24) is 5.32 Å². The molecule has 0 aromatic heterocycles. The van der Waals surface area contributed by atoms with Crippen LogP contribution in [-0.4, -0.2) is 36.9 Å². The Kier molecular flexibility index (Phi) is 5.68. The quantitative estimate of drug-likeness (QED) is 0.817. The van der Waals surface area contributed by atoms with Crippen LogP contribution in [0.15, 0.2) is 18.2 Å². The largest absolute Gasteiger partial charge is 0.384 e. The van der Waals surface area contributed by atoms with E-state index in [1.54, 1.807) is 7.11 Å². The molecule has 0 aliphatic rings. The highest BCUT2D eigenvalue weighted by molar-refractivity contribution is 5.96. The van der Waals surface area contributed by atoms with E-state index in [9.17, 15) is 9.18 Å². The van der Waals surface area contributed by atoms with E-state index < -0.39 is 17.3 Å². The monoisotopic (exact) mass is 279 g/mol. The van der Waals surface area contributed by atoms with Gasteiger partial charge in [0.05, 0.1) is 11.2 Å². The van der Waals surface area contributed by atoms with Gasteiger partial charge in [-0.25, -0.2) is 4.39 Å². The third-order valence-corrected chi connectivity index (χ3v) is 2.76. The summed E-state index contributed by atoms with van der Waals surface area (Å²) in [6.45, 7) is 3.61. The van der Waals surface area contributed by atoms with Gasteiger partial charge in [0.15, 0.2) is 0 Å². The normalized spacial score (nSPS) is 10.7. The maximum absolute atomic E-state index is 13.3. The summed E-state index contributed by atoms with van der Waals surface area (Å²) in [6.07, 6.45) is 0. The highest BCUT2D eigenvalue weighted by atomic mass is 19.1. The van der Waals surface area contributed by atoms with Crippen molar-refractivity contribution in [2.75, 3.05) is 20.3 Å². The number of halogens is 1. The molecule has 0 spiro atoms. The minimum Gasteiger partial charge on any atom is -0.384 e. The predicted octanol–water partition coefficient (Wildman–Crippen LogP) is 1.32. The Morgan fingerprint density at radius 1 is 1.50 bits per heavy atom. The predicted molar refractivity (Wildman–Crippen MR) is 73.8 cm³/mol. The number of amides is 1. The van der Waals surface area contributed by atoms with E-state index in [0.29, 0.717) is 5.56 Å². The minimum atomic E-state index is -0.518. The highest BCUT2D eigenvalue weighted by Crippen LogP contribution is 2.11. The third-order valence-electron chi connectivity index (χ3n) is 2.76. The lowest BCUT2D eigenvalue weighted by molar-refractivity contribution is 0.0228. The topological polar surface area (TPSA) is 58.6 Å². The van der Waals surface area contributed by atoms with Gasteiger partial charge in [-0.15, -0.1) is 0 Å². The van der Waals surface area contributed by atoms with Crippen LogP contribution < -0.4 is 5.32 Å². The van der Waals surface area contributed by atoms with E-state index >= 15 is 0 Å². The Morgan fingerprint density at radius 2 is 2.20 bits per heavy atom. The summed E-state index contributed by atoms with van der Waals surface area (Å²) in [4.78, 5) is 12.1. The van der Waals surface area contributed by atoms with Crippen molar-refractivity contribution >= 4 is 5.91 Å². The number of ether oxygens (including phenoxy) is 1. The number of hydrogen-bond acceptors (Lipinski definition) is 3. The van der Waals surface area contributed by atoms with Crippen LogP contribution in [0.2, 0.25) is 0 Å². The zero-order valence-electron chi connectivity index (χ0n) is 11.8. The number of aliphatic hydroxyl groups is 1. The second kappa shape index (κ2) is 7.04.